The first kappa shape index (κ1) is 12.7. The predicted molar refractivity (Wildman–Crippen MR) is 64.1 cm³/mol. The average molecular weight is 288 g/mol. The van der Waals surface area contributed by atoms with Crippen molar-refractivity contribution in [1.82, 2.24) is 9.97 Å². The van der Waals surface area contributed by atoms with Gasteiger partial charge in [0.25, 0.3) is 0 Å². The lowest BCUT2D eigenvalue weighted by Gasteiger charge is -2.03. The van der Waals surface area contributed by atoms with Crippen molar-refractivity contribution >= 4 is 28.9 Å². The Hall–Kier alpha value is -1.79. The van der Waals surface area contributed by atoms with Gasteiger partial charge in [-0.15, -0.1) is 0 Å². The van der Waals surface area contributed by atoms with E-state index in [9.17, 15) is 14.5 Å². The SMILES string of the molecule is O=[N+]([O-])c1c(Cl)ncnc1-c1cc(F)cc(Cl)c1. The standard InChI is InChI=1S/C10H4Cl2FN3O2/c11-6-1-5(2-7(13)3-6)8-9(16(17)18)10(12)15-4-14-8/h1-4H. The minimum absolute atomic E-state index is 0.0820. The van der Waals surface area contributed by atoms with E-state index in [1.54, 1.807) is 0 Å². The zero-order chi connectivity index (χ0) is 13.3. The summed E-state index contributed by atoms with van der Waals surface area (Å²) in [6, 6.07) is 3.52. The molecule has 92 valence electrons. The molecule has 0 fully saturated rings. The molecule has 0 spiro atoms. The van der Waals surface area contributed by atoms with Gasteiger partial charge < -0.3 is 0 Å². The number of nitro groups is 1. The highest BCUT2D eigenvalue weighted by atomic mass is 35.5. The highest BCUT2D eigenvalue weighted by Gasteiger charge is 2.23. The van der Waals surface area contributed by atoms with Gasteiger partial charge in [-0.2, -0.15) is 0 Å². The van der Waals surface area contributed by atoms with Crippen LogP contribution in [0.25, 0.3) is 11.3 Å². The van der Waals surface area contributed by atoms with E-state index in [1.807, 2.05) is 0 Å². The van der Waals surface area contributed by atoms with Crippen LogP contribution >= 0.6 is 23.2 Å². The Morgan fingerprint density at radius 2 is 1.94 bits per heavy atom. The molecule has 0 radical (unpaired) electrons. The van der Waals surface area contributed by atoms with Gasteiger partial charge in [0.15, 0.2) is 5.69 Å². The zero-order valence-corrected chi connectivity index (χ0v) is 10.1. The second kappa shape index (κ2) is 4.83. The molecule has 1 aromatic heterocycles. The fourth-order valence-electron chi connectivity index (χ4n) is 1.42. The molecule has 0 atom stereocenters. The first-order valence-electron chi connectivity index (χ1n) is 4.60. The Morgan fingerprint density at radius 1 is 1.22 bits per heavy atom. The van der Waals surface area contributed by atoms with Gasteiger partial charge in [0.2, 0.25) is 5.15 Å². The van der Waals surface area contributed by atoms with E-state index in [0.717, 1.165) is 18.5 Å². The molecule has 0 saturated heterocycles. The van der Waals surface area contributed by atoms with Gasteiger partial charge >= 0.3 is 5.69 Å². The summed E-state index contributed by atoms with van der Waals surface area (Å²) >= 11 is 11.3. The molecule has 2 rings (SSSR count). The monoisotopic (exact) mass is 287 g/mol. The second-order valence-electron chi connectivity index (χ2n) is 3.28. The molecular formula is C10H4Cl2FN3O2. The van der Waals surface area contributed by atoms with Crippen molar-refractivity contribution in [2.45, 2.75) is 0 Å². The van der Waals surface area contributed by atoms with Crippen molar-refractivity contribution in [2.24, 2.45) is 0 Å². The molecule has 1 heterocycles. The van der Waals surface area contributed by atoms with Crippen LogP contribution in [0.15, 0.2) is 24.5 Å². The number of benzene rings is 1. The topological polar surface area (TPSA) is 68.9 Å². The van der Waals surface area contributed by atoms with Crippen LogP contribution in [0.5, 0.6) is 0 Å². The molecule has 0 bridgehead atoms. The van der Waals surface area contributed by atoms with Gasteiger partial charge in [-0.25, -0.2) is 14.4 Å². The maximum Gasteiger partial charge on any atom is 0.332 e. The molecule has 0 aliphatic heterocycles. The van der Waals surface area contributed by atoms with Crippen LogP contribution in [-0.4, -0.2) is 14.9 Å². The third-order valence-corrected chi connectivity index (χ3v) is 2.59. The van der Waals surface area contributed by atoms with E-state index in [1.165, 1.54) is 6.07 Å². The van der Waals surface area contributed by atoms with E-state index in [2.05, 4.69) is 9.97 Å². The summed E-state index contributed by atoms with van der Waals surface area (Å²) in [5.74, 6) is -0.624. The van der Waals surface area contributed by atoms with Crippen molar-refractivity contribution < 1.29 is 9.31 Å². The van der Waals surface area contributed by atoms with Crippen molar-refractivity contribution in [3.05, 3.63) is 50.6 Å². The Bertz CT molecular complexity index is 616. The molecular weight excluding hydrogens is 284 g/mol. The minimum Gasteiger partial charge on any atom is -0.258 e. The average Bonchev–Trinajstić information content (AvgIpc) is 2.26. The zero-order valence-electron chi connectivity index (χ0n) is 8.60. The third kappa shape index (κ3) is 2.39. The first-order valence-corrected chi connectivity index (χ1v) is 5.36. The highest BCUT2D eigenvalue weighted by Crippen LogP contribution is 2.33. The number of nitrogens with zero attached hydrogens (tertiary/aromatic N) is 3. The Morgan fingerprint density at radius 3 is 2.56 bits per heavy atom. The van der Waals surface area contributed by atoms with Gasteiger partial charge in [0.1, 0.15) is 12.1 Å². The van der Waals surface area contributed by atoms with Gasteiger partial charge in [0, 0.05) is 10.6 Å². The maximum atomic E-state index is 13.2. The van der Waals surface area contributed by atoms with Crippen molar-refractivity contribution in [1.29, 1.82) is 0 Å². The van der Waals surface area contributed by atoms with Crippen LogP contribution in [-0.2, 0) is 0 Å². The molecule has 0 N–H and O–H groups in total. The fraction of sp³-hybridized carbons (Fsp3) is 0. The summed E-state index contributed by atoms with van der Waals surface area (Å²) in [6.45, 7) is 0. The maximum absolute atomic E-state index is 13.2. The third-order valence-electron chi connectivity index (χ3n) is 2.10. The Balaban J connectivity index is 2.71. The van der Waals surface area contributed by atoms with E-state index < -0.39 is 16.4 Å². The predicted octanol–water partition coefficient (Wildman–Crippen LogP) is 3.50. The number of hydrogen-bond donors (Lipinski definition) is 0. The normalized spacial score (nSPS) is 10.4. The number of rotatable bonds is 2. The molecule has 0 aliphatic rings. The Labute approximate surface area is 110 Å². The lowest BCUT2D eigenvalue weighted by atomic mass is 10.1. The van der Waals surface area contributed by atoms with Crippen LogP contribution in [0.4, 0.5) is 10.1 Å². The largest absolute Gasteiger partial charge is 0.332 e. The summed E-state index contributed by atoms with van der Waals surface area (Å²) < 4.78 is 13.2. The number of hydrogen-bond acceptors (Lipinski definition) is 4. The molecule has 18 heavy (non-hydrogen) atoms. The van der Waals surface area contributed by atoms with Crippen LogP contribution < -0.4 is 0 Å². The van der Waals surface area contributed by atoms with Gasteiger partial charge in [-0.3, -0.25) is 10.1 Å². The fourth-order valence-corrected chi connectivity index (χ4v) is 1.84. The molecule has 0 amide bonds. The highest BCUT2D eigenvalue weighted by molar-refractivity contribution is 6.32. The van der Waals surface area contributed by atoms with Crippen LogP contribution in [0.3, 0.4) is 0 Å². The van der Waals surface area contributed by atoms with E-state index in [0.29, 0.717) is 0 Å². The summed E-state index contributed by atoms with van der Waals surface area (Å²) in [7, 11) is 0. The molecule has 1 aromatic carbocycles. The van der Waals surface area contributed by atoms with Crippen LogP contribution in [0.1, 0.15) is 0 Å². The molecule has 8 heteroatoms. The van der Waals surface area contributed by atoms with E-state index >= 15 is 0 Å². The van der Waals surface area contributed by atoms with Crippen molar-refractivity contribution in [3.63, 3.8) is 0 Å². The van der Waals surface area contributed by atoms with Crippen molar-refractivity contribution in [2.75, 3.05) is 0 Å². The molecule has 5 nitrogen and oxygen atoms in total. The summed E-state index contributed by atoms with van der Waals surface area (Å²) in [6.07, 6.45) is 1.06. The number of halogens is 3. The van der Waals surface area contributed by atoms with Gasteiger partial charge in [0.05, 0.1) is 4.92 Å². The van der Waals surface area contributed by atoms with Crippen molar-refractivity contribution in [3.8, 4) is 11.3 Å². The lowest BCUT2D eigenvalue weighted by molar-refractivity contribution is -0.384. The summed E-state index contributed by atoms with van der Waals surface area (Å²) in [4.78, 5) is 17.4. The van der Waals surface area contributed by atoms with Crippen LogP contribution in [0, 0.1) is 15.9 Å². The van der Waals surface area contributed by atoms with Gasteiger partial charge in [-0.05, 0) is 18.2 Å². The number of aromatic nitrogens is 2. The van der Waals surface area contributed by atoms with Gasteiger partial charge in [-0.1, -0.05) is 23.2 Å². The Kier molecular flexibility index (Phi) is 3.40. The van der Waals surface area contributed by atoms with E-state index in [-0.39, 0.29) is 21.4 Å². The summed E-state index contributed by atoms with van der Waals surface area (Å²) in [5.41, 5.74) is -0.404. The second-order valence-corrected chi connectivity index (χ2v) is 4.07. The summed E-state index contributed by atoms with van der Waals surface area (Å²) in [5, 5.41) is 10.7. The molecule has 2 aromatic rings. The smallest absolute Gasteiger partial charge is 0.258 e. The molecule has 0 unspecified atom stereocenters. The van der Waals surface area contributed by atoms with E-state index in [4.69, 9.17) is 23.2 Å². The minimum atomic E-state index is -0.726. The first-order chi connectivity index (χ1) is 8.49. The molecule has 0 aliphatic carbocycles. The van der Waals surface area contributed by atoms with Crippen LogP contribution in [0.2, 0.25) is 10.2 Å². The quantitative estimate of drug-likeness (QED) is 0.482. The lowest BCUT2D eigenvalue weighted by Crippen LogP contribution is -1.98. The molecule has 0 saturated carbocycles.